The zero-order chi connectivity index (χ0) is 22.8. The molecule has 1 unspecified atom stereocenters. The summed E-state index contributed by atoms with van der Waals surface area (Å²) in [5, 5.41) is 0. The first kappa shape index (κ1) is 23.1. The van der Waals surface area contributed by atoms with Crippen molar-refractivity contribution in [1.29, 1.82) is 0 Å². The van der Waals surface area contributed by atoms with E-state index in [1.165, 1.54) is 30.3 Å². The van der Waals surface area contributed by atoms with Gasteiger partial charge in [0, 0.05) is 30.4 Å². The largest absolute Gasteiger partial charge is 0.416 e. The number of sulfonamides is 1. The summed E-state index contributed by atoms with van der Waals surface area (Å²) >= 11 is 0. The Morgan fingerprint density at radius 1 is 1.13 bits per heavy atom. The molecule has 0 aliphatic carbocycles. The Hall–Kier alpha value is -2.59. The Labute approximate surface area is 179 Å². The average Bonchev–Trinajstić information content (AvgIpc) is 2.72. The van der Waals surface area contributed by atoms with Gasteiger partial charge in [0.15, 0.2) is 0 Å². The second-order valence-electron chi connectivity index (χ2n) is 7.72. The number of carbonyl (C=O) groups excluding carboxylic acids is 1. The van der Waals surface area contributed by atoms with Gasteiger partial charge in [-0.05, 0) is 69.4 Å². The van der Waals surface area contributed by atoms with E-state index in [1.807, 2.05) is 14.1 Å². The maximum atomic E-state index is 12.8. The molecule has 1 N–H and O–H groups in total. The number of carbonyl (C=O) groups is 1. The molecule has 0 bridgehead atoms. The van der Waals surface area contributed by atoms with Gasteiger partial charge in [-0.3, -0.25) is 9.52 Å². The molecule has 0 aromatic heterocycles. The third-order valence-corrected chi connectivity index (χ3v) is 6.66. The molecule has 1 fully saturated rings. The molecule has 0 radical (unpaired) electrons. The highest BCUT2D eigenvalue weighted by Gasteiger charge is 2.31. The average molecular weight is 456 g/mol. The van der Waals surface area contributed by atoms with E-state index in [9.17, 15) is 26.4 Å². The number of alkyl halides is 3. The van der Waals surface area contributed by atoms with Crippen LogP contribution < -0.4 is 4.72 Å². The first-order chi connectivity index (χ1) is 14.5. The van der Waals surface area contributed by atoms with E-state index in [0.717, 1.165) is 31.0 Å². The van der Waals surface area contributed by atoms with Crippen LogP contribution in [0, 0.1) is 0 Å². The molecule has 1 heterocycles. The van der Waals surface area contributed by atoms with Gasteiger partial charge in [0.1, 0.15) is 0 Å². The van der Waals surface area contributed by atoms with Crippen molar-refractivity contribution in [3.8, 4) is 0 Å². The molecule has 0 saturated carbocycles. The van der Waals surface area contributed by atoms with E-state index >= 15 is 0 Å². The number of nitrogens with one attached hydrogen (secondary N) is 1. The van der Waals surface area contributed by atoms with Gasteiger partial charge in [-0.15, -0.1) is 0 Å². The summed E-state index contributed by atoms with van der Waals surface area (Å²) in [6.07, 6.45) is -2.68. The topological polar surface area (TPSA) is 69.7 Å². The summed E-state index contributed by atoms with van der Waals surface area (Å²) < 4.78 is 65.8. The summed E-state index contributed by atoms with van der Waals surface area (Å²) in [5.74, 6) is -0.179. The van der Waals surface area contributed by atoms with Gasteiger partial charge in [0.05, 0.1) is 10.5 Å². The number of anilines is 1. The molecule has 3 rings (SSSR count). The summed E-state index contributed by atoms with van der Waals surface area (Å²) in [4.78, 5) is 16.5. The number of likely N-dealkylation sites (tertiary alicyclic amines) is 1. The number of halogens is 3. The monoisotopic (exact) mass is 455 g/mol. The molecule has 1 aliphatic heterocycles. The summed E-state index contributed by atoms with van der Waals surface area (Å²) in [7, 11) is -0.176. The number of hydrogen-bond donors (Lipinski definition) is 1. The molecule has 168 valence electrons. The lowest BCUT2D eigenvalue weighted by atomic mass is 10.0. The fourth-order valence-electron chi connectivity index (χ4n) is 3.49. The molecule has 1 amide bonds. The van der Waals surface area contributed by atoms with Crippen molar-refractivity contribution in [1.82, 2.24) is 9.80 Å². The zero-order valence-electron chi connectivity index (χ0n) is 17.2. The Bertz CT molecular complexity index is 1040. The minimum atomic E-state index is -4.58. The second-order valence-corrected chi connectivity index (χ2v) is 9.40. The maximum absolute atomic E-state index is 12.8. The van der Waals surface area contributed by atoms with Crippen LogP contribution in [0.25, 0.3) is 0 Å². The van der Waals surface area contributed by atoms with Crippen LogP contribution in [0.5, 0.6) is 0 Å². The Morgan fingerprint density at radius 2 is 1.81 bits per heavy atom. The van der Waals surface area contributed by atoms with Gasteiger partial charge < -0.3 is 9.80 Å². The molecule has 10 heteroatoms. The van der Waals surface area contributed by atoms with E-state index in [4.69, 9.17) is 0 Å². The molecule has 2 aromatic carbocycles. The Morgan fingerprint density at radius 3 is 2.42 bits per heavy atom. The predicted octanol–water partition coefficient (Wildman–Crippen LogP) is 3.67. The van der Waals surface area contributed by atoms with Crippen LogP contribution in [0.2, 0.25) is 0 Å². The van der Waals surface area contributed by atoms with Crippen molar-refractivity contribution in [2.45, 2.75) is 30.0 Å². The van der Waals surface area contributed by atoms with Crippen molar-refractivity contribution < 1.29 is 26.4 Å². The molecule has 2 aromatic rings. The SMILES string of the molecule is CN(C)C1CCCN(C(=O)c2ccc(S(=O)(=O)Nc3cccc(C(F)(F)F)c3)cc2)C1. The highest BCUT2D eigenvalue weighted by molar-refractivity contribution is 7.92. The normalized spacial score (nSPS) is 17.6. The van der Waals surface area contributed by atoms with Crippen molar-refractivity contribution in [3.05, 3.63) is 59.7 Å². The lowest BCUT2D eigenvalue weighted by molar-refractivity contribution is -0.137. The van der Waals surface area contributed by atoms with Gasteiger partial charge in [-0.2, -0.15) is 13.2 Å². The molecule has 1 aliphatic rings. The van der Waals surface area contributed by atoms with E-state index < -0.39 is 21.8 Å². The van der Waals surface area contributed by atoms with Gasteiger partial charge in [0.25, 0.3) is 15.9 Å². The first-order valence-electron chi connectivity index (χ1n) is 9.73. The van der Waals surface area contributed by atoms with Crippen LogP contribution in [0.15, 0.2) is 53.4 Å². The number of hydrogen-bond acceptors (Lipinski definition) is 4. The zero-order valence-corrected chi connectivity index (χ0v) is 18.0. The minimum Gasteiger partial charge on any atom is -0.337 e. The van der Waals surface area contributed by atoms with Crippen molar-refractivity contribution in [3.63, 3.8) is 0 Å². The van der Waals surface area contributed by atoms with E-state index in [1.54, 1.807) is 4.90 Å². The molecular weight excluding hydrogens is 431 g/mol. The van der Waals surface area contributed by atoms with Crippen molar-refractivity contribution in [2.75, 3.05) is 31.9 Å². The van der Waals surface area contributed by atoms with Gasteiger partial charge in [-0.25, -0.2) is 8.42 Å². The van der Waals surface area contributed by atoms with Crippen LogP contribution in [-0.2, 0) is 16.2 Å². The smallest absolute Gasteiger partial charge is 0.337 e. The van der Waals surface area contributed by atoms with Gasteiger partial charge >= 0.3 is 6.18 Å². The number of nitrogens with zero attached hydrogens (tertiary/aromatic N) is 2. The summed E-state index contributed by atoms with van der Waals surface area (Å²) in [6.45, 7) is 1.24. The molecule has 0 spiro atoms. The number of likely N-dealkylation sites (N-methyl/N-ethyl adjacent to an activating group) is 1. The number of amides is 1. The van der Waals surface area contributed by atoms with Crippen LogP contribution in [0.3, 0.4) is 0 Å². The standard InChI is InChI=1S/C21H24F3N3O3S/c1-26(2)18-7-4-12-27(14-18)20(28)15-8-10-19(11-9-15)31(29,30)25-17-6-3-5-16(13-17)21(22,23)24/h3,5-6,8-11,13,18,25H,4,7,12,14H2,1-2H3. The molecule has 1 atom stereocenters. The minimum absolute atomic E-state index is 0.147. The maximum Gasteiger partial charge on any atom is 0.416 e. The van der Waals surface area contributed by atoms with Crippen molar-refractivity contribution in [2.24, 2.45) is 0 Å². The highest BCUT2D eigenvalue weighted by atomic mass is 32.2. The highest BCUT2D eigenvalue weighted by Crippen LogP contribution is 2.31. The third-order valence-electron chi connectivity index (χ3n) is 5.27. The Balaban J connectivity index is 1.74. The quantitative estimate of drug-likeness (QED) is 0.747. The van der Waals surface area contributed by atoms with Crippen LogP contribution >= 0.6 is 0 Å². The van der Waals surface area contributed by atoms with Crippen LogP contribution in [0.4, 0.5) is 18.9 Å². The van der Waals surface area contributed by atoms with Crippen LogP contribution in [-0.4, -0.2) is 57.4 Å². The number of piperidine rings is 1. The summed E-state index contributed by atoms with van der Waals surface area (Å²) in [6, 6.07) is 9.61. The fourth-order valence-corrected chi connectivity index (χ4v) is 4.54. The number of benzene rings is 2. The fraction of sp³-hybridized carbons (Fsp3) is 0.381. The number of rotatable bonds is 5. The van der Waals surface area contributed by atoms with E-state index in [-0.39, 0.29) is 22.5 Å². The van der Waals surface area contributed by atoms with Crippen LogP contribution in [0.1, 0.15) is 28.8 Å². The first-order valence-corrected chi connectivity index (χ1v) is 11.2. The van der Waals surface area contributed by atoms with Gasteiger partial charge in [0.2, 0.25) is 0 Å². The lowest BCUT2D eigenvalue weighted by Gasteiger charge is -2.36. The Kier molecular flexibility index (Phi) is 6.61. The lowest BCUT2D eigenvalue weighted by Crippen LogP contribution is -2.47. The van der Waals surface area contributed by atoms with Crippen molar-refractivity contribution >= 4 is 21.6 Å². The van der Waals surface area contributed by atoms with Gasteiger partial charge in [-0.1, -0.05) is 6.07 Å². The predicted molar refractivity (Wildman–Crippen MR) is 111 cm³/mol. The third kappa shape index (κ3) is 5.56. The van der Waals surface area contributed by atoms with E-state index in [0.29, 0.717) is 18.7 Å². The second kappa shape index (κ2) is 8.88. The molecule has 31 heavy (non-hydrogen) atoms. The molecular formula is C21H24F3N3O3S. The summed E-state index contributed by atoms with van der Waals surface area (Å²) in [5.41, 5.74) is -0.790. The van der Waals surface area contributed by atoms with E-state index in [2.05, 4.69) is 9.62 Å². The molecule has 1 saturated heterocycles. The molecule has 6 nitrogen and oxygen atoms in total.